The van der Waals surface area contributed by atoms with Gasteiger partial charge in [-0.25, -0.2) is 18.4 Å². The number of aromatic nitrogens is 2. The summed E-state index contributed by atoms with van der Waals surface area (Å²) in [5.74, 6) is 0.486. The molecule has 7 heteroatoms. The Bertz CT molecular complexity index is 463. The fourth-order valence-electron chi connectivity index (χ4n) is 1.82. The molecule has 1 aliphatic rings. The van der Waals surface area contributed by atoms with Crippen molar-refractivity contribution in [3.63, 3.8) is 0 Å². The van der Waals surface area contributed by atoms with Crippen molar-refractivity contribution in [2.75, 3.05) is 19.3 Å². The van der Waals surface area contributed by atoms with Crippen molar-refractivity contribution in [3.05, 3.63) is 18.6 Å². The lowest BCUT2D eigenvalue weighted by atomic mass is 10.1. The molecule has 94 valence electrons. The lowest BCUT2D eigenvalue weighted by Crippen LogP contribution is -2.43. The third-order valence-corrected chi connectivity index (χ3v) is 3.92. The lowest BCUT2D eigenvalue weighted by molar-refractivity contribution is 0.125. The molecule has 1 aliphatic heterocycles. The first kappa shape index (κ1) is 12.3. The highest BCUT2D eigenvalue weighted by atomic mass is 32.2. The second kappa shape index (κ2) is 4.97. The molecule has 2 rings (SSSR count). The van der Waals surface area contributed by atoms with Crippen molar-refractivity contribution in [1.82, 2.24) is 14.3 Å². The molecule has 1 saturated heterocycles. The number of piperidine rings is 1. The molecule has 1 fully saturated rings. The summed E-state index contributed by atoms with van der Waals surface area (Å²) in [5, 5.41) is 0. The maximum absolute atomic E-state index is 11.4. The molecule has 0 spiro atoms. The zero-order valence-electron chi connectivity index (χ0n) is 9.61. The predicted octanol–water partition coefficient (Wildman–Crippen LogP) is 0.279. The maximum Gasteiger partial charge on any atom is 0.216 e. The summed E-state index contributed by atoms with van der Waals surface area (Å²) in [6.07, 6.45) is 5.75. The van der Waals surface area contributed by atoms with Gasteiger partial charge in [0.25, 0.3) is 0 Å². The monoisotopic (exact) mass is 257 g/mol. The van der Waals surface area contributed by atoms with Crippen LogP contribution in [0.15, 0.2) is 18.6 Å². The van der Waals surface area contributed by atoms with Gasteiger partial charge in [-0.05, 0) is 12.8 Å². The fraction of sp³-hybridized carbons (Fsp3) is 0.600. The zero-order valence-corrected chi connectivity index (χ0v) is 10.4. The van der Waals surface area contributed by atoms with Crippen molar-refractivity contribution in [2.45, 2.75) is 18.9 Å². The summed E-state index contributed by atoms with van der Waals surface area (Å²) < 4.78 is 29.9. The molecule has 17 heavy (non-hydrogen) atoms. The molecule has 2 heterocycles. The van der Waals surface area contributed by atoms with Gasteiger partial charge in [-0.15, -0.1) is 0 Å². The van der Waals surface area contributed by atoms with Gasteiger partial charge in [-0.2, -0.15) is 4.31 Å². The van der Waals surface area contributed by atoms with Crippen molar-refractivity contribution < 1.29 is 13.2 Å². The Labute approximate surface area is 101 Å². The van der Waals surface area contributed by atoms with Crippen LogP contribution in [0.1, 0.15) is 12.8 Å². The summed E-state index contributed by atoms with van der Waals surface area (Å²) in [5.41, 5.74) is 0. The van der Waals surface area contributed by atoms with E-state index in [1.54, 1.807) is 12.3 Å². The van der Waals surface area contributed by atoms with Gasteiger partial charge in [0.15, 0.2) is 0 Å². The first-order valence-corrected chi connectivity index (χ1v) is 7.28. The van der Waals surface area contributed by atoms with E-state index in [-0.39, 0.29) is 6.10 Å². The van der Waals surface area contributed by atoms with Gasteiger partial charge >= 0.3 is 0 Å². The standard InChI is InChI=1S/C10H15N3O3S/c1-17(14,15)13-6-2-3-9(7-13)16-10-4-5-11-8-12-10/h4-5,8-9H,2-3,6-7H2,1H3. The number of nitrogens with zero attached hydrogens (tertiary/aromatic N) is 3. The molecule has 6 nitrogen and oxygen atoms in total. The van der Waals surface area contributed by atoms with Crippen LogP contribution < -0.4 is 4.74 Å². The van der Waals surface area contributed by atoms with Crippen LogP contribution in [-0.2, 0) is 10.0 Å². The quantitative estimate of drug-likeness (QED) is 0.777. The number of rotatable bonds is 3. The van der Waals surface area contributed by atoms with Crippen LogP contribution in [0.25, 0.3) is 0 Å². The lowest BCUT2D eigenvalue weighted by Gasteiger charge is -2.30. The van der Waals surface area contributed by atoms with Crippen LogP contribution in [0, 0.1) is 0 Å². The molecule has 0 bridgehead atoms. The number of hydrogen-bond acceptors (Lipinski definition) is 5. The second-order valence-corrected chi connectivity index (χ2v) is 6.03. The van der Waals surface area contributed by atoms with Crippen molar-refractivity contribution in [3.8, 4) is 5.88 Å². The molecule has 0 saturated carbocycles. The Morgan fingerprint density at radius 1 is 1.53 bits per heavy atom. The van der Waals surface area contributed by atoms with E-state index >= 15 is 0 Å². The molecule has 1 unspecified atom stereocenters. The molecule has 1 aromatic rings. The summed E-state index contributed by atoms with van der Waals surface area (Å²) in [6.45, 7) is 0.964. The van der Waals surface area contributed by atoms with Crippen LogP contribution in [0.4, 0.5) is 0 Å². The van der Waals surface area contributed by atoms with Gasteiger partial charge in [0.1, 0.15) is 12.4 Å². The molecule has 1 atom stereocenters. The summed E-state index contributed by atoms with van der Waals surface area (Å²) in [7, 11) is -3.13. The van der Waals surface area contributed by atoms with Crippen LogP contribution in [0.5, 0.6) is 5.88 Å². The van der Waals surface area contributed by atoms with Gasteiger partial charge in [-0.3, -0.25) is 0 Å². The Balaban J connectivity index is 1.99. The zero-order chi connectivity index (χ0) is 12.3. The Morgan fingerprint density at radius 3 is 3.00 bits per heavy atom. The van der Waals surface area contributed by atoms with E-state index in [9.17, 15) is 8.42 Å². The van der Waals surface area contributed by atoms with Crippen molar-refractivity contribution >= 4 is 10.0 Å². The van der Waals surface area contributed by atoms with Gasteiger partial charge in [0.05, 0.1) is 12.8 Å². The third kappa shape index (κ3) is 3.37. The average molecular weight is 257 g/mol. The summed E-state index contributed by atoms with van der Waals surface area (Å²) in [4.78, 5) is 7.75. The number of sulfonamides is 1. The minimum atomic E-state index is -3.13. The van der Waals surface area contributed by atoms with Crippen LogP contribution in [0.3, 0.4) is 0 Å². The molecular formula is C10H15N3O3S. The van der Waals surface area contributed by atoms with E-state index in [2.05, 4.69) is 9.97 Å². The summed E-state index contributed by atoms with van der Waals surface area (Å²) >= 11 is 0. The van der Waals surface area contributed by atoms with Gasteiger partial charge < -0.3 is 4.74 Å². The number of hydrogen-bond donors (Lipinski definition) is 0. The summed E-state index contributed by atoms with van der Waals surface area (Å²) in [6, 6.07) is 1.67. The van der Waals surface area contributed by atoms with Crippen LogP contribution in [-0.4, -0.2) is 48.1 Å². The van der Waals surface area contributed by atoms with E-state index in [0.29, 0.717) is 19.0 Å². The highest BCUT2D eigenvalue weighted by molar-refractivity contribution is 7.88. The van der Waals surface area contributed by atoms with Gasteiger partial charge in [0.2, 0.25) is 15.9 Å². The van der Waals surface area contributed by atoms with Crippen LogP contribution in [0.2, 0.25) is 0 Å². The first-order valence-electron chi connectivity index (χ1n) is 5.43. The van der Waals surface area contributed by atoms with Crippen molar-refractivity contribution in [2.24, 2.45) is 0 Å². The van der Waals surface area contributed by atoms with Crippen molar-refractivity contribution in [1.29, 1.82) is 0 Å². The number of ether oxygens (including phenoxy) is 1. The smallest absolute Gasteiger partial charge is 0.216 e. The Hall–Kier alpha value is -1.21. The highest BCUT2D eigenvalue weighted by Gasteiger charge is 2.27. The van der Waals surface area contributed by atoms with Gasteiger partial charge in [-0.1, -0.05) is 0 Å². The average Bonchev–Trinajstić information content (AvgIpc) is 2.29. The van der Waals surface area contributed by atoms with E-state index in [1.165, 1.54) is 16.9 Å². The molecule has 1 aromatic heterocycles. The molecule has 0 N–H and O–H groups in total. The van der Waals surface area contributed by atoms with E-state index < -0.39 is 10.0 Å². The molecule has 0 aliphatic carbocycles. The van der Waals surface area contributed by atoms with Crippen LogP contribution >= 0.6 is 0 Å². The topological polar surface area (TPSA) is 72.4 Å². The maximum atomic E-state index is 11.4. The van der Waals surface area contributed by atoms with Gasteiger partial charge in [0, 0.05) is 18.8 Å². The minimum Gasteiger partial charge on any atom is -0.473 e. The Morgan fingerprint density at radius 2 is 2.35 bits per heavy atom. The fourth-order valence-corrected chi connectivity index (χ4v) is 2.72. The Kier molecular flexibility index (Phi) is 3.58. The first-order chi connectivity index (χ1) is 8.05. The SMILES string of the molecule is CS(=O)(=O)N1CCCC(Oc2ccncn2)C1. The minimum absolute atomic E-state index is 0.131. The van der Waals surface area contributed by atoms with E-state index in [1.807, 2.05) is 0 Å². The molecule has 0 amide bonds. The second-order valence-electron chi connectivity index (χ2n) is 4.05. The van der Waals surface area contributed by atoms with E-state index in [0.717, 1.165) is 12.8 Å². The molecular weight excluding hydrogens is 242 g/mol. The molecule has 0 radical (unpaired) electrons. The van der Waals surface area contributed by atoms with E-state index in [4.69, 9.17) is 4.74 Å². The predicted molar refractivity (Wildman–Crippen MR) is 62.1 cm³/mol. The third-order valence-electron chi connectivity index (χ3n) is 2.65. The highest BCUT2D eigenvalue weighted by Crippen LogP contribution is 2.17. The largest absolute Gasteiger partial charge is 0.473 e. The normalized spacial score (nSPS) is 22.3. The molecule has 0 aromatic carbocycles.